The van der Waals surface area contributed by atoms with E-state index in [2.05, 4.69) is 54.3 Å². The van der Waals surface area contributed by atoms with Crippen molar-refractivity contribution < 1.29 is 0 Å². The van der Waals surface area contributed by atoms with Crippen LogP contribution in [0, 0.1) is 0 Å². The maximum absolute atomic E-state index is 2.54. The molecular weight excluding hydrogens is 220 g/mol. The van der Waals surface area contributed by atoms with Gasteiger partial charge in [0, 0.05) is 5.04 Å². The zero-order valence-corrected chi connectivity index (χ0v) is 14.1. The molecule has 0 aromatic carbocycles. The molecule has 1 heteroatoms. The molecule has 0 bridgehead atoms. The summed E-state index contributed by atoms with van der Waals surface area (Å²) in [5, 5.41) is 0.442. The average Bonchev–Trinajstić information content (AvgIpc) is 2.39. The van der Waals surface area contributed by atoms with Crippen LogP contribution in [0.3, 0.4) is 0 Å². The van der Waals surface area contributed by atoms with Crippen LogP contribution in [-0.4, -0.2) is 8.07 Å². The van der Waals surface area contributed by atoms with Crippen molar-refractivity contribution in [2.45, 2.75) is 78.6 Å². The zero-order valence-electron chi connectivity index (χ0n) is 13.1. The fourth-order valence-electron chi connectivity index (χ4n) is 3.80. The van der Waals surface area contributed by atoms with Crippen molar-refractivity contribution in [1.82, 2.24) is 0 Å². The van der Waals surface area contributed by atoms with Crippen molar-refractivity contribution in [3.05, 3.63) is 22.3 Å². The van der Waals surface area contributed by atoms with Crippen LogP contribution in [0.2, 0.25) is 24.7 Å². The van der Waals surface area contributed by atoms with Crippen LogP contribution in [0.25, 0.3) is 0 Å². The summed E-state index contributed by atoms with van der Waals surface area (Å²) < 4.78 is 0. The number of allylic oxidation sites excluding steroid dienone is 4. The SMILES string of the molecule is CCCCC1([Si](C)(C)C)C(C)=C(C)C(C)=C1C. The molecule has 0 heterocycles. The van der Waals surface area contributed by atoms with Gasteiger partial charge in [-0.05, 0) is 45.3 Å². The minimum absolute atomic E-state index is 0.442. The fourth-order valence-corrected chi connectivity index (χ4v) is 7.35. The lowest BCUT2D eigenvalue weighted by Crippen LogP contribution is -2.40. The molecule has 0 aliphatic heterocycles. The molecule has 1 rings (SSSR count). The van der Waals surface area contributed by atoms with Gasteiger partial charge in [0.15, 0.2) is 0 Å². The van der Waals surface area contributed by atoms with E-state index < -0.39 is 8.07 Å². The third kappa shape index (κ3) is 2.07. The topological polar surface area (TPSA) is 0 Å². The van der Waals surface area contributed by atoms with Crippen LogP contribution >= 0.6 is 0 Å². The van der Waals surface area contributed by atoms with Gasteiger partial charge in [0.25, 0.3) is 0 Å². The standard InChI is InChI=1S/C16H30Si/c1-9-10-11-16(17(6,7)8)14(4)12(2)13(3)15(16)5/h9-11H2,1-8H3. The molecule has 0 fully saturated rings. The lowest BCUT2D eigenvalue weighted by molar-refractivity contribution is 0.596. The molecular formula is C16H30Si. The largest absolute Gasteiger partial charge is 0.0686 e. The number of unbranched alkanes of at least 4 members (excludes halogenated alkanes) is 1. The molecule has 0 amide bonds. The minimum Gasteiger partial charge on any atom is -0.0686 e. The average molecular weight is 251 g/mol. The molecule has 0 aromatic heterocycles. The Kier molecular flexibility index (Phi) is 4.13. The van der Waals surface area contributed by atoms with E-state index in [4.69, 9.17) is 0 Å². The van der Waals surface area contributed by atoms with E-state index in [9.17, 15) is 0 Å². The molecule has 0 saturated carbocycles. The first kappa shape index (κ1) is 14.8. The van der Waals surface area contributed by atoms with Crippen LogP contribution in [0.1, 0.15) is 53.9 Å². The van der Waals surface area contributed by atoms with Crippen molar-refractivity contribution in [2.24, 2.45) is 0 Å². The summed E-state index contributed by atoms with van der Waals surface area (Å²) in [6.45, 7) is 19.4. The Morgan fingerprint density at radius 1 is 0.882 bits per heavy atom. The second-order valence-electron chi connectivity index (χ2n) is 6.76. The Labute approximate surface area is 109 Å². The summed E-state index contributed by atoms with van der Waals surface area (Å²) >= 11 is 0. The normalized spacial score (nSPS) is 20.5. The van der Waals surface area contributed by atoms with Crippen molar-refractivity contribution in [1.29, 1.82) is 0 Å². The first-order valence-corrected chi connectivity index (χ1v) is 10.6. The smallest absolute Gasteiger partial charge is 0.0604 e. The molecule has 0 saturated heterocycles. The van der Waals surface area contributed by atoms with Gasteiger partial charge in [-0.1, -0.05) is 50.6 Å². The molecule has 98 valence electrons. The van der Waals surface area contributed by atoms with Crippen molar-refractivity contribution in [3.63, 3.8) is 0 Å². The Morgan fingerprint density at radius 3 is 1.59 bits per heavy atom. The van der Waals surface area contributed by atoms with E-state index in [0.717, 1.165) is 0 Å². The van der Waals surface area contributed by atoms with Crippen LogP contribution in [0.15, 0.2) is 22.3 Å². The van der Waals surface area contributed by atoms with Crippen LogP contribution in [0.5, 0.6) is 0 Å². The van der Waals surface area contributed by atoms with Gasteiger partial charge >= 0.3 is 0 Å². The third-order valence-electron chi connectivity index (χ3n) is 5.15. The predicted octanol–water partition coefficient (Wildman–Crippen LogP) is 5.94. The number of hydrogen-bond acceptors (Lipinski definition) is 0. The fraction of sp³-hybridized carbons (Fsp3) is 0.750. The van der Waals surface area contributed by atoms with E-state index in [1.807, 2.05) is 0 Å². The Hall–Kier alpha value is -0.303. The first-order valence-electron chi connectivity index (χ1n) is 7.06. The summed E-state index contributed by atoms with van der Waals surface area (Å²) in [5.74, 6) is 0. The maximum Gasteiger partial charge on any atom is 0.0604 e. The lowest BCUT2D eigenvalue weighted by atomic mass is 9.89. The Morgan fingerprint density at radius 2 is 1.29 bits per heavy atom. The first-order chi connectivity index (χ1) is 7.70. The van der Waals surface area contributed by atoms with E-state index in [0.29, 0.717) is 5.04 Å². The van der Waals surface area contributed by atoms with Crippen LogP contribution < -0.4 is 0 Å². The molecule has 0 nitrogen and oxygen atoms in total. The number of hydrogen-bond donors (Lipinski definition) is 0. The summed E-state index contributed by atoms with van der Waals surface area (Å²) in [6.07, 6.45) is 4.04. The third-order valence-corrected chi connectivity index (χ3v) is 8.71. The van der Waals surface area contributed by atoms with E-state index in [1.165, 1.54) is 19.3 Å². The second-order valence-corrected chi connectivity index (χ2v) is 12.1. The Balaban J connectivity index is 3.36. The van der Waals surface area contributed by atoms with Gasteiger partial charge in [0.2, 0.25) is 0 Å². The molecule has 1 aliphatic carbocycles. The van der Waals surface area contributed by atoms with Gasteiger partial charge in [0.05, 0.1) is 8.07 Å². The molecule has 0 aromatic rings. The molecule has 0 unspecified atom stereocenters. The Bertz CT molecular complexity index is 339. The predicted molar refractivity (Wildman–Crippen MR) is 82.3 cm³/mol. The zero-order chi connectivity index (χ0) is 13.4. The highest BCUT2D eigenvalue weighted by Crippen LogP contribution is 2.61. The van der Waals surface area contributed by atoms with Crippen molar-refractivity contribution >= 4 is 8.07 Å². The molecule has 1 aliphatic rings. The van der Waals surface area contributed by atoms with Crippen molar-refractivity contribution in [3.8, 4) is 0 Å². The summed E-state index contributed by atoms with van der Waals surface area (Å²) in [7, 11) is -1.24. The van der Waals surface area contributed by atoms with Gasteiger partial charge in [-0.25, -0.2) is 0 Å². The maximum atomic E-state index is 2.54. The highest BCUT2D eigenvalue weighted by molar-refractivity contribution is 6.80. The van der Waals surface area contributed by atoms with Gasteiger partial charge < -0.3 is 0 Å². The second kappa shape index (κ2) is 4.76. The monoisotopic (exact) mass is 250 g/mol. The van der Waals surface area contributed by atoms with Crippen molar-refractivity contribution in [2.75, 3.05) is 0 Å². The van der Waals surface area contributed by atoms with Crippen LogP contribution in [0.4, 0.5) is 0 Å². The van der Waals surface area contributed by atoms with E-state index >= 15 is 0 Å². The molecule has 17 heavy (non-hydrogen) atoms. The molecule has 0 radical (unpaired) electrons. The van der Waals surface area contributed by atoms with E-state index in [1.54, 1.807) is 22.3 Å². The van der Waals surface area contributed by atoms with Gasteiger partial charge in [-0.3, -0.25) is 0 Å². The van der Waals surface area contributed by atoms with E-state index in [-0.39, 0.29) is 0 Å². The summed E-state index contributed by atoms with van der Waals surface area (Å²) in [5.41, 5.74) is 6.50. The highest BCUT2D eigenvalue weighted by Gasteiger charge is 2.49. The minimum atomic E-state index is -1.24. The van der Waals surface area contributed by atoms with Crippen LogP contribution in [-0.2, 0) is 0 Å². The summed E-state index contributed by atoms with van der Waals surface area (Å²) in [4.78, 5) is 0. The summed E-state index contributed by atoms with van der Waals surface area (Å²) in [6, 6.07) is 0. The quantitative estimate of drug-likeness (QED) is 0.541. The van der Waals surface area contributed by atoms with Gasteiger partial charge in [0.1, 0.15) is 0 Å². The highest BCUT2D eigenvalue weighted by atomic mass is 28.3. The lowest BCUT2D eigenvalue weighted by Gasteiger charge is -2.44. The number of rotatable bonds is 4. The molecule has 0 spiro atoms. The molecule has 0 N–H and O–H groups in total. The van der Waals surface area contributed by atoms with Gasteiger partial charge in [-0.2, -0.15) is 0 Å². The van der Waals surface area contributed by atoms with Gasteiger partial charge in [-0.15, -0.1) is 0 Å². The molecule has 0 atom stereocenters.